The lowest BCUT2D eigenvalue weighted by molar-refractivity contribution is -0.386. The van der Waals surface area contributed by atoms with Crippen molar-refractivity contribution in [2.75, 3.05) is 31.5 Å². The number of nitrogens with one attached hydrogen (secondary N) is 1. The molecule has 0 saturated carbocycles. The maximum atomic E-state index is 12.4. The average Bonchev–Trinajstić information content (AvgIpc) is 3.09. The largest absolute Gasteiger partial charge is 0.324 e. The van der Waals surface area contributed by atoms with E-state index in [4.69, 9.17) is 0 Å². The zero-order chi connectivity index (χ0) is 24.1. The van der Waals surface area contributed by atoms with E-state index in [0.29, 0.717) is 17.1 Å². The molecule has 1 aliphatic rings. The van der Waals surface area contributed by atoms with Crippen molar-refractivity contribution in [3.8, 4) is 0 Å². The lowest BCUT2D eigenvalue weighted by atomic mass is 10.1. The van der Waals surface area contributed by atoms with E-state index in [1.165, 1.54) is 15.8 Å². The number of anilines is 1. The molecule has 0 aliphatic carbocycles. The monoisotopic (exact) mass is 462 g/mol. The van der Waals surface area contributed by atoms with E-state index < -0.39 is 4.92 Å². The average molecular weight is 463 g/mol. The normalized spacial score (nSPS) is 14.8. The summed E-state index contributed by atoms with van der Waals surface area (Å²) >= 11 is 0. The fourth-order valence-electron chi connectivity index (χ4n) is 4.34. The predicted molar refractivity (Wildman–Crippen MR) is 130 cm³/mol. The fourth-order valence-corrected chi connectivity index (χ4v) is 4.34. The summed E-state index contributed by atoms with van der Waals surface area (Å²) in [4.78, 5) is 28.0. The summed E-state index contributed by atoms with van der Waals surface area (Å²) in [5, 5.41) is 18.1. The van der Waals surface area contributed by atoms with Crippen LogP contribution in [0.5, 0.6) is 0 Å². The van der Waals surface area contributed by atoms with Crippen LogP contribution in [0, 0.1) is 24.0 Å². The summed E-state index contributed by atoms with van der Waals surface area (Å²) < 4.78 is 1.37. The Kier molecular flexibility index (Phi) is 7.34. The van der Waals surface area contributed by atoms with E-state index in [1.807, 2.05) is 30.3 Å². The van der Waals surface area contributed by atoms with Gasteiger partial charge in [0, 0.05) is 45.0 Å². The molecule has 9 nitrogen and oxygen atoms in total. The number of hydrogen-bond donors (Lipinski definition) is 1. The first-order valence-electron chi connectivity index (χ1n) is 11.4. The minimum absolute atomic E-state index is 0.0435. The molecule has 0 unspecified atom stereocenters. The van der Waals surface area contributed by atoms with Crippen molar-refractivity contribution >= 4 is 17.3 Å². The predicted octanol–water partition coefficient (Wildman–Crippen LogP) is 3.36. The second-order valence-electron chi connectivity index (χ2n) is 8.72. The number of amides is 1. The van der Waals surface area contributed by atoms with Crippen LogP contribution in [0.4, 0.5) is 11.4 Å². The maximum Gasteiger partial charge on any atom is 0.312 e. The third kappa shape index (κ3) is 5.86. The highest BCUT2D eigenvalue weighted by Gasteiger charge is 2.23. The van der Waals surface area contributed by atoms with Crippen molar-refractivity contribution in [2.45, 2.75) is 33.5 Å². The summed E-state index contributed by atoms with van der Waals surface area (Å²) in [6.45, 7) is 9.12. The Morgan fingerprint density at radius 1 is 0.941 bits per heavy atom. The van der Waals surface area contributed by atoms with Gasteiger partial charge in [-0.05, 0) is 37.1 Å². The molecule has 0 bridgehead atoms. The molecule has 1 N–H and O–H groups in total. The number of piperazine rings is 1. The van der Waals surface area contributed by atoms with Crippen LogP contribution in [0.15, 0.2) is 54.6 Å². The van der Waals surface area contributed by atoms with Crippen molar-refractivity contribution in [2.24, 2.45) is 0 Å². The van der Waals surface area contributed by atoms with E-state index in [2.05, 4.69) is 44.5 Å². The molecule has 0 spiro atoms. The zero-order valence-corrected chi connectivity index (χ0v) is 19.6. The van der Waals surface area contributed by atoms with Gasteiger partial charge in [0.25, 0.3) is 0 Å². The van der Waals surface area contributed by atoms with Gasteiger partial charge in [-0.2, -0.15) is 5.10 Å². The van der Waals surface area contributed by atoms with Crippen molar-refractivity contribution in [1.82, 2.24) is 19.6 Å². The van der Waals surface area contributed by atoms with Crippen LogP contribution in [0.2, 0.25) is 0 Å². The second-order valence-corrected chi connectivity index (χ2v) is 8.72. The Balaban J connectivity index is 1.25. The zero-order valence-electron chi connectivity index (χ0n) is 19.6. The highest BCUT2D eigenvalue weighted by Crippen LogP contribution is 2.22. The summed E-state index contributed by atoms with van der Waals surface area (Å²) in [5.41, 5.74) is 3.88. The number of rotatable bonds is 8. The van der Waals surface area contributed by atoms with Gasteiger partial charge in [-0.15, -0.1) is 0 Å². The van der Waals surface area contributed by atoms with Crippen LogP contribution < -0.4 is 5.32 Å². The lowest BCUT2D eigenvalue weighted by Gasteiger charge is -2.34. The van der Waals surface area contributed by atoms with Crippen molar-refractivity contribution < 1.29 is 9.72 Å². The van der Waals surface area contributed by atoms with E-state index in [1.54, 1.807) is 13.8 Å². The summed E-state index contributed by atoms with van der Waals surface area (Å²) in [6, 6.07) is 18.4. The summed E-state index contributed by atoms with van der Waals surface area (Å²) in [7, 11) is 0. The maximum absolute atomic E-state index is 12.4. The number of hydrogen-bond acceptors (Lipinski definition) is 6. The van der Waals surface area contributed by atoms with Gasteiger partial charge < -0.3 is 5.32 Å². The Morgan fingerprint density at radius 3 is 2.03 bits per heavy atom. The number of carbonyl (C=O) groups is 1. The van der Waals surface area contributed by atoms with E-state index >= 15 is 0 Å². The Bertz CT molecular complexity index is 1140. The molecule has 1 aromatic heterocycles. The van der Waals surface area contributed by atoms with Crippen LogP contribution in [-0.2, 0) is 24.4 Å². The molecule has 2 aromatic carbocycles. The first kappa shape index (κ1) is 23.6. The van der Waals surface area contributed by atoms with Gasteiger partial charge in [0.1, 0.15) is 17.9 Å². The molecule has 1 fully saturated rings. The molecule has 178 valence electrons. The third-order valence-electron chi connectivity index (χ3n) is 6.18. The van der Waals surface area contributed by atoms with Crippen LogP contribution >= 0.6 is 0 Å². The summed E-state index contributed by atoms with van der Waals surface area (Å²) in [5.74, 6) is -0.275. The third-order valence-corrected chi connectivity index (χ3v) is 6.18. The number of carbonyl (C=O) groups excluding carboxylic acids is 1. The summed E-state index contributed by atoms with van der Waals surface area (Å²) in [6.07, 6.45) is 0. The van der Waals surface area contributed by atoms with Crippen molar-refractivity contribution in [3.63, 3.8) is 0 Å². The van der Waals surface area contributed by atoms with Crippen LogP contribution in [0.25, 0.3) is 0 Å². The number of nitrogens with zero attached hydrogens (tertiary/aromatic N) is 5. The van der Waals surface area contributed by atoms with Gasteiger partial charge in [0.15, 0.2) is 0 Å². The molecular weight excluding hydrogens is 432 g/mol. The number of benzene rings is 2. The molecule has 0 atom stereocenters. The molecule has 3 aromatic rings. The van der Waals surface area contributed by atoms with Crippen LogP contribution in [-0.4, -0.2) is 56.6 Å². The molecule has 34 heavy (non-hydrogen) atoms. The topological polar surface area (TPSA) is 96.5 Å². The van der Waals surface area contributed by atoms with E-state index in [0.717, 1.165) is 39.3 Å². The lowest BCUT2D eigenvalue weighted by Crippen LogP contribution is -2.45. The molecule has 4 rings (SSSR count). The fraction of sp³-hybridized carbons (Fsp3) is 0.360. The Hall–Kier alpha value is -3.56. The van der Waals surface area contributed by atoms with Gasteiger partial charge in [0.2, 0.25) is 5.91 Å². The smallest absolute Gasteiger partial charge is 0.312 e. The second kappa shape index (κ2) is 10.6. The molecule has 1 saturated heterocycles. The first-order chi connectivity index (χ1) is 16.4. The minimum atomic E-state index is -0.464. The van der Waals surface area contributed by atoms with Gasteiger partial charge in [0.05, 0.1) is 4.92 Å². The van der Waals surface area contributed by atoms with Crippen LogP contribution in [0.1, 0.15) is 22.5 Å². The molecule has 2 heterocycles. The number of aryl methyl sites for hydroxylation is 1. The quantitative estimate of drug-likeness (QED) is 0.407. The standard InChI is InChI=1S/C25H30N6O3/c1-19-25(31(33)34)20(2)30(27-19)18-24(32)26-23-10-8-22(9-11-23)17-29-14-12-28(13-15-29)16-21-6-4-3-5-7-21/h3-11H,12-18H2,1-2H3,(H,26,32). The number of aromatic nitrogens is 2. The first-order valence-corrected chi connectivity index (χ1v) is 11.4. The number of nitro groups is 1. The van der Waals surface area contributed by atoms with Gasteiger partial charge in [-0.3, -0.25) is 29.4 Å². The van der Waals surface area contributed by atoms with Crippen molar-refractivity contribution in [3.05, 3.63) is 87.2 Å². The molecule has 9 heteroatoms. The van der Waals surface area contributed by atoms with Crippen LogP contribution in [0.3, 0.4) is 0 Å². The highest BCUT2D eigenvalue weighted by atomic mass is 16.6. The van der Waals surface area contributed by atoms with E-state index in [9.17, 15) is 14.9 Å². The van der Waals surface area contributed by atoms with Gasteiger partial charge in [-0.25, -0.2) is 0 Å². The van der Waals surface area contributed by atoms with Gasteiger partial charge >= 0.3 is 5.69 Å². The molecule has 1 amide bonds. The Labute approximate surface area is 199 Å². The van der Waals surface area contributed by atoms with Gasteiger partial charge in [-0.1, -0.05) is 42.5 Å². The SMILES string of the molecule is Cc1nn(CC(=O)Nc2ccc(CN3CCN(Cc4ccccc4)CC3)cc2)c(C)c1[N+](=O)[O-]. The molecule has 1 aliphatic heterocycles. The van der Waals surface area contributed by atoms with E-state index in [-0.39, 0.29) is 18.1 Å². The highest BCUT2D eigenvalue weighted by molar-refractivity contribution is 5.90. The Morgan fingerprint density at radius 2 is 1.50 bits per heavy atom. The molecular formula is C25H30N6O3. The van der Waals surface area contributed by atoms with Crippen molar-refractivity contribution in [1.29, 1.82) is 0 Å². The minimum Gasteiger partial charge on any atom is -0.324 e. The molecule has 0 radical (unpaired) electrons.